The van der Waals surface area contributed by atoms with E-state index in [9.17, 15) is 4.79 Å². The molecule has 5 nitrogen and oxygen atoms in total. The lowest BCUT2D eigenvalue weighted by atomic mass is 10.2. The third kappa shape index (κ3) is 2.11. The summed E-state index contributed by atoms with van der Waals surface area (Å²) in [6.45, 7) is 0. The molecule has 1 aliphatic carbocycles. The fourth-order valence-corrected chi connectivity index (χ4v) is 3.06. The first-order valence-corrected chi connectivity index (χ1v) is 7.88. The lowest BCUT2D eigenvalue weighted by Crippen LogP contribution is -2.24. The van der Waals surface area contributed by atoms with Crippen LogP contribution in [0.3, 0.4) is 0 Å². The van der Waals surface area contributed by atoms with E-state index in [4.69, 9.17) is 10.7 Å². The van der Waals surface area contributed by atoms with Crippen LogP contribution in [-0.2, 0) is 0 Å². The molecule has 0 saturated heterocycles. The van der Waals surface area contributed by atoms with Crippen molar-refractivity contribution in [1.82, 2.24) is 14.5 Å². The van der Waals surface area contributed by atoms with Gasteiger partial charge in [0.25, 0.3) is 0 Å². The predicted octanol–water partition coefficient (Wildman–Crippen LogP) is 3.00. The van der Waals surface area contributed by atoms with Crippen LogP contribution in [-0.4, -0.2) is 14.5 Å². The van der Waals surface area contributed by atoms with E-state index in [-0.39, 0.29) is 5.82 Å². The second-order valence-corrected chi connectivity index (χ2v) is 6.30. The van der Waals surface area contributed by atoms with E-state index in [0.717, 1.165) is 23.0 Å². The third-order valence-corrected chi connectivity index (χ3v) is 4.55. The van der Waals surface area contributed by atoms with Gasteiger partial charge in [0.05, 0.1) is 11.1 Å². The van der Waals surface area contributed by atoms with Gasteiger partial charge in [-0.15, -0.1) is 0 Å². The zero-order valence-corrected chi connectivity index (χ0v) is 13.2. The largest absolute Gasteiger partial charge is 0.383 e. The number of nitrogens with two attached hydrogens (primary N) is 1. The van der Waals surface area contributed by atoms with E-state index < -0.39 is 5.69 Å². The minimum Gasteiger partial charge on any atom is -0.383 e. The number of hydrogen-bond acceptors (Lipinski definition) is 4. The third-order valence-electron chi connectivity index (χ3n) is 3.88. The monoisotopic (exact) mass is 356 g/mol. The highest BCUT2D eigenvalue weighted by Gasteiger charge is 2.26. The average Bonchev–Trinajstić information content (AvgIpc) is 3.33. The van der Waals surface area contributed by atoms with Crippen LogP contribution in [0.4, 0.5) is 5.82 Å². The first-order valence-electron chi connectivity index (χ1n) is 7.09. The summed E-state index contributed by atoms with van der Waals surface area (Å²) in [7, 11) is 0. The fraction of sp³-hybridized carbons (Fsp3) is 0.188. The Hall–Kier alpha value is -2.21. The van der Waals surface area contributed by atoms with E-state index in [0.29, 0.717) is 22.6 Å². The Balaban J connectivity index is 2.10. The van der Waals surface area contributed by atoms with E-state index in [1.54, 1.807) is 0 Å². The Labute approximate surface area is 134 Å². The number of aromatic nitrogens is 3. The Bertz CT molecular complexity index is 947. The second kappa shape index (κ2) is 4.91. The summed E-state index contributed by atoms with van der Waals surface area (Å²) < 4.78 is 2.32. The summed E-state index contributed by atoms with van der Waals surface area (Å²) in [5, 5.41) is 0.694. The number of nitrogens with zero attached hydrogens (tertiary/aromatic N) is 3. The Morgan fingerprint density at radius 3 is 2.64 bits per heavy atom. The van der Waals surface area contributed by atoms with Gasteiger partial charge in [0.15, 0.2) is 5.65 Å². The molecule has 0 radical (unpaired) electrons. The number of hydrogen-bond donors (Lipinski definition) is 1. The maximum atomic E-state index is 12.4. The first kappa shape index (κ1) is 13.5. The number of benzene rings is 1. The normalized spacial score (nSPS) is 14.4. The number of pyridine rings is 1. The van der Waals surface area contributed by atoms with Crippen LogP contribution in [0.2, 0.25) is 0 Å². The van der Waals surface area contributed by atoms with Crippen LogP contribution in [0.5, 0.6) is 0 Å². The zero-order valence-electron chi connectivity index (χ0n) is 11.7. The molecule has 1 fully saturated rings. The smallest absolute Gasteiger partial charge is 0.355 e. The highest BCUT2D eigenvalue weighted by Crippen LogP contribution is 2.39. The van der Waals surface area contributed by atoms with Crippen molar-refractivity contribution in [2.24, 2.45) is 0 Å². The Kier molecular flexibility index (Phi) is 3.00. The van der Waals surface area contributed by atoms with E-state index in [1.807, 2.05) is 36.4 Å². The summed E-state index contributed by atoms with van der Waals surface area (Å²) in [5.74, 6) is 0.722. The lowest BCUT2D eigenvalue weighted by Gasteiger charge is -2.12. The summed E-state index contributed by atoms with van der Waals surface area (Å²) in [5.41, 5.74) is 7.78. The van der Waals surface area contributed by atoms with Crippen molar-refractivity contribution in [3.8, 4) is 5.69 Å². The minimum atomic E-state index is -0.419. The fourth-order valence-electron chi connectivity index (χ4n) is 2.59. The molecule has 1 aromatic carbocycles. The molecule has 0 unspecified atom stereocenters. The quantitative estimate of drug-likeness (QED) is 0.765. The summed E-state index contributed by atoms with van der Waals surface area (Å²) in [4.78, 5) is 21.0. The van der Waals surface area contributed by atoms with Gasteiger partial charge >= 0.3 is 5.69 Å². The molecule has 1 aliphatic rings. The second-order valence-electron chi connectivity index (χ2n) is 5.45. The van der Waals surface area contributed by atoms with Crippen LogP contribution < -0.4 is 11.4 Å². The standard InChI is InChI=1S/C16H13BrN4O/c17-11-3-1-2-4-13(11)21-15-10(14(18)20-16(21)22)7-8-12(19-15)9-5-6-9/h1-4,7-9H,5-6H2,(H2,18,20,22). The molecule has 4 rings (SSSR count). The molecular weight excluding hydrogens is 344 g/mol. The number of halogens is 1. The SMILES string of the molecule is Nc1nc(=O)n(-c2ccccc2Br)c2nc(C3CC3)ccc12. The molecule has 0 bridgehead atoms. The van der Waals surface area contributed by atoms with E-state index in [2.05, 4.69) is 20.9 Å². The van der Waals surface area contributed by atoms with Gasteiger partial charge in [-0.2, -0.15) is 4.98 Å². The predicted molar refractivity (Wildman–Crippen MR) is 89.2 cm³/mol. The number of rotatable bonds is 2. The highest BCUT2D eigenvalue weighted by molar-refractivity contribution is 9.10. The van der Waals surface area contributed by atoms with E-state index >= 15 is 0 Å². The summed E-state index contributed by atoms with van der Waals surface area (Å²) in [6.07, 6.45) is 2.30. The molecule has 6 heteroatoms. The number of para-hydroxylation sites is 1. The van der Waals surface area contributed by atoms with Gasteiger partial charge in [-0.05, 0) is 53.0 Å². The van der Waals surface area contributed by atoms with Crippen molar-refractivity contribution in [3.63, 3.8) is 0 Å². The molecule has 2 N–H and O–H groups in total. The van der Waals surface area contributed by atoms with Crippen LogP contribution in [0, 0.1) is 0 Å². The van der Waals surface area contributed by atoms with Gasteiger partial charge in [0.2, 0.25) is 0 Å². The molecule has 2 aromatic heterocycles. The molecule has 110 valence electrons. The molecule has 0 atom stereocenters. The minimum absolute atomic E-state index is 0.221. The van der Waals surface area contributed by atoms with E-state index in [1.165, 1.54) is 4.57 Å². The lowest BCUT2D eigenvalue weighted by molar-refractivity contribution is 0.924. The molecule has 3 aromatic rings. The van der Waals surface area contributed by atoms with Gasteiger partial charge in [-0.1, -0.05) is 12.1 Å². The number of nitrogen functional groups attached to an aromatic ring is 1. The maximum Gasteiger partial charge on any atom is 0.355 e. The highest BCUT2D eigenvalue weighted by atomic mass is 79.9. The number of anilines is 1. The van der Waals surface area contributed by atoms with Crippen LogP contribution in [0.1, 0.15) is 24.5 Å². The van der Waals surface area contributed by atoms with Crippen molar-refractivity contribution in [2.45, 2.75) is 18.8 Å². The first-order chi connectivity index (χ1) is 10.6. The topological polar surface area (TPSA) is 73.8 Å². The Morgan fingerprint density at radius 1 is 1.14 bits per heavy atom. The van der Waals surface area contributed by atoms with Crippen molar-refractivity contribution in [3.05, 3.63) is 57.0 Å². The van der Waals surface area contributed by atoms with Gasteiger partial charge in [0, 0.05) is 16.1 Å². The van der Waals surface area contributed by atoms with Gasteiger partial charge < -0.3 is 5.73 Å². The van der Waals surface area contributed by atoms with Crippen molar-refractivity contribution in [2.75, 3.05) is 5.73 Å². The molecular formula is C16H13BrN4O. The van der Waals surface area contributed by atoms with Gasteiger partial charge in [-0.25, -0.2) is 14.3 Å². The molecule has 0 amide bonds. The van der Waals surface area contributed by atoms with Crippen molar-refractivity contribution >= 4 is 32.8 Å². The summed E-state index contributed by atoms with van der Waals surface area (Å²) >= 11 is 3.48. The van der Waals surface area contributed by atoms with Crippen LogP contribution in [0.25, 0.3) is 16.7 Å². The summed E-state index contributed by atoms with van der Waals surface area (Å²) in [6, 6.07) is 11.4. The zero-order chi connectivity index (χ0) is 15.3. The molecule has 0 spiro atoms. The average molecular weight is 357 g/mol. The molecule has 22 heavy (non-hydrogen) atoms. The molecule has 0 aliphatic heterocycles. The van der Waals surface area contributed by atoms with Crippen molar-refractivity contribution in [1.29, 1.82) is 0 Å². The Morgan fingerprint density at radius 2 is 1.91 bits per heavy atom. The van der Waals surface area contributed by atoms with Gasteiger partial charge in [-0.3, -0.25) is 0 Å². The number of fused-ring (bicyclic) bond motifs is 1. The van der Waals surface area contributed by atoms with Gasteiger partial charge in [0.1, 0.15) is 5.82 Å². The molecule has 1 saturated carbocycles. The van der Waals surface area contributed by atoms with Crippen molar-refractivity contribution < 1.29 is 0 Å². The van der Waals surface area contributed by atoms with Crippen LogP contribution >= 0.6 is 15.9 Å². The maximum absolute atomic E-state index is 12.4. The molecule has 2 heterocycles. The van der Waals surface area contributed by atoms with Crippen LogP contribution in [0.15, 0.2) is 45.7 Å².